The van der Waals surface area contributed by atoms with E-state index in [9.17, 15) is 0 Å². The zero-order valence-electron chi connectivity index (χ0n) is 12.8. The molecule has 1 fully saturated rings. The number of benzene rings is 2. The van der Waals surface area contributed by atoms with Gasteiger partial charge in [-0.3, -0.25) is 0 Å². The summed E-state index contributed by atoms with van der Waals surface area (Å²) in [6.45, 7) is 3.37. The molecule has 0 amide bonds. The fourth-order valence-electron chi connectivity index (χ4n) is 2.87. The second kappa shape index (κ2) is 6.71. The molecule has 1 heterocycles. The summed E-state index contributed by atoms with van der Waals surface area (Å²) in [4.78, 5) is 0. The maximum atomic E-state index is 5.28. The molecule has 0 bridgehead atoms. The van der Waals surface area contributed by atoms with E-state index >= 15 is 0 Å². The van der Waals surface area contributed by atoms with Crippen molar-refractivity contribution in [3.05, 3.63) is 42.0 Å². The predicted molar refractivity (Wildman–Crippen MR) is 92.4 cm³/mol. The fourth-order valence-corrected chi connectivity index (χ4v) is 4.08. The Morgan fingerprint density at radius 2 is 2.05 bits per heavy atom. The molecule has 2 unspecified atom stereocenters. The Hall–Kier alpha value is -1.19. The third-order valence-corrected chi connectivity index (χ3v) is 5.65. The Kier molecular flexibility index (Phi) is 4.71. The van der Waals surface area contributed by atoms with Crippen molar-refractivity contribution in [1.82, 2.24) is 5.32 Å². The maximum Gasteiger partial charge on any atom is 0.119 e. The predicted octanol–water partition coefficient (Wildman–Crippen LogP) is 4.39. The Labute approximate surface area is 131 Å². The topological polar surface area (TPSA) is 21.3 Å². The molecule has 21 heavy (non-hydrogen) atoms. The molecule has 0 spiro atoms. The zero-order valence-corrected chi connectivity index (χ0v) is 13.6. The summed E-state index contributed by atoms with van der Waals surface area (Å²) < 4.78 is 5.28. The molecule has 1 aliphatic rings. The van der Waals surface area contributed by atoms with E-state index in [0.29, 0.717) is 6.04 Å². The minimum atomic E-state index is 0.401. The van der Waals surface area contributed by atoms with Gasteiger partial charge in [-0.1, -0.05) is 18.2 Å². The third-order valence-electron chi connectivity index (χ3n) is 4.25. The van der Waals surface area contributed by atoms with E-state index in [2.05, 4.69) is 54.3 Å². The molecular formula is C18H23NOS. The number of fused-ring (bicyclic) bond motifs is 1. The molecule has 1 N–H and O–H groups in total. The molecule has 0 aliphatic carbocycles. The highest BCUT2D eigenvalue weighted by Gasteiger charge is 2.16. The van der Waals surface area contributed by atoms with Crippen molar-refractivity contribution in [1.29, 1.82) is 0 Å². The molecule has 0 saturated carbocycles. The molecule has 2 nitrogen and oxygen atoms in total. The summed E-state index contributed by atoms with van der Waals surface area (Å²) in [5, 5.41) is 6.99. The van der Waals surface area contributed by atoms with Gasteiger partial charge in [-0.15, -0.1) is 0 Å². The van der Waals surface area contributed by atoms with Gasteiger partial charge in [-0.2, -0.15) is 11.8 Å². The standard InChI is InChI=1S/C18H23NOS/c1-13(19-12-18-4-3-9-21-18)14-5-6-16-11-17(20-2)8-7-15(16)10-14/h5-8,10-11,13,18-19H,3-4,9,12H2,1-2H3. The average Bonchev–Trinajstić information content (AvgIpc) is 3.05. The van der Waals surface area contributed by atoms with Crippen LogP contribution in [-0.2, 0) is 0 Å². The van der Waals surface area contributed by atoms with E-state index in [1.165, 1.54) is 34.9 Å². The number of hydrogen-bond acceptors (Lipinski definition) is 3. The highest BCUT2D eigenvalue weighted by molar-refractivity contribution is 8.00. The Morgan fingerprint density at radius 1 is 1.24 bits per heavy atom. The minimum absolute atomic E-state index is 0.401. The first-order chi connectivity index (χ1) is 10.3. The van der Waals surface area contributed by atoms with Gasteiger partial charge in [0.15, 0.2) is 0 Å². The zero-order chi connectivity index (χ0) is 14.7. The largest absolute Gasteiger partial charge is 0.497 e. The fraction of sp³-hybridized carbons (Fsp3) is 0.444. The molecule has 112 valence electrons. The van der Waals surface area contributed by atoms with Crippen molar-refractivity contribution < 1.29 is 4.74 Å². The summed E-state index contributed by atoms with van der Waals surface area (Å²) >= 11 is 2.11. The average molecular weight is 301 g/mol. The van der Waals surface area contributed by atoms with Crippen molar-refractivity contribution in [2.45, 2.75) is 31.1 Å². The van der Waals surface area contributed by atoms with Crippen molar-refractivity contribution in [3.63, 3.8) is 0 Å². The summed E-state index contributed by atoms with van der Waals surface area (Å²) in [6.07, 6.45) is 2.74. The summed E-state index contributed by atoms with van der Waals surface area (Å²) in [5.41, 5.74) is 1.36. The number of nitrogens with one attached hydrogen (secondary N) is 1. The van der Waals surface area contributed by atoms with Crippen LogP contribution in [-0.4, -0.2) is 24.7 Å². The van der Waals surface area contributed by atoms with Gasteiger partial charge in [0, 0.05) is 17.8 Å². The van der Waals surface area contributed by atoms with Crippen LogP contribution in [0.3, 0.4) is 0 Å². The molecule has 1 saturated heterocycles. The lowest BCUT2D eigenvalue weighted by molar-refractivity contribution is 0.415. The maximum absolute atomic E-state index is 5.28. The number of methoxy groups -OCH3 is 1. The van der Waals surface area contributed by atoms with E-state index in [0.717, 1.165) is 17.5 Å². The van der Waals surface area contributed by atoms with Gasteiger partial charge in [-0.25, -0.2) is 0 Å². The molecule has 1 aliphatic heterocycles. The first kappa shape index (κ1) is 14.7. The van der Waals surface area contributed by atoms with Gasteiger partial charge in [0.2, 0.25) is 0 Å². The lowest BCUT2D eigenvalue weighted by atomic mass is 10.0. The van der Waals surface area contributed by atoms with Crippen molar-refractivity contribution in [2.24, 2.45) is 0 Å². The van der Waals surface area contributed by atoms with Crippen molar-refractivity contribution >= 4 is 22.5 Å². The van der Waals surface area contributed by atoms with Gasteiger partial charge in [0.05, 0.1) is 7.11 Å². The summed E-state index contributed by atoms with van der Waals surface area (Å²) in [6, 6.07) is 13.4. The van der Waals surface area contributed by atoms with Crippen LogP contribution in [0.5, 0.6) is 5.75 Å². The van der Waals surface area contributed by atoms with Gasteiger partial charge in [-0.05, 0) is 60.1 Å². The highest BCUT2D eigenvalue weighted by Crippen LogP contribution is 2.27. The van der Waals surface area contributed by atoms with E-state index in [4.69, 9.17) is 4.74 Å². The second-order valence-electron chi connectivity index (χ2n) is 5.74. The Morgan fingerprint density at radius 3 is 2.81 bits per heavy atom. The van der Waals surface area contributed by atoms with Gasteiger partial charge in [0.1, 0.15) is 5.75 Å². The first-order valence-corrected chi connectivity index (χ1v) is 8.74. The summed E-state index contributed by atoms with van der Waals surface area (Å²) in [7, 11) is 1.71. The molecule has 3 rings (SSSR count). The Bertz CT molecular complexity index is 607. The smallest absolute Gasteiger partial charge is 0.119 e. The van der Waals surface area contributed by atoms with Crippen LogP contribution < -0.4 is 10.1 Å². The number of rotatable bonds is 5. The van der Waals surface area contributed by atoms with Crippen molar-refractivity contribution in [2.75, 3.05) is 19.4 Å². The lowest BCUT2D eigenvalue weighted by Gasteiger charge is -2.17. The molecule has 3 heteroatoms. The monoisotopic (exact) mass is 301 g/mol. The lowest BCUT2D eigenvalue weighted by Crippen LogP contribution is -2.26. The number of hydrogen-bond donors (Lipinski definition) is 1. The molecule has 2 aromatic carbocycles. The SMILES string of the molecule is COc1ccc2cc(C(C)NCC3CCCS3)ccc2c1. The third kappa shape index (κ3) is 3.53. The van der Waals surface area contributed by atoms with Gasteiger partial charge < -0.3 is 10.1 Å². The number of ether oxygens (including phenoxy) is 1. The number of thioether (sulfide) groups is 1. The van der Waals surface area contributed by atoms with Crippen LogP contribution >= 0.6 is 11.8 Å². The van der Waals surface area contributed by atoms with E-state index in [-0.39, 0.29) is 0 Å². The van der Waals surface area contributed by atoms with Crippen molar-refractivity contribution in [3.8, 4) is 5.75 Å². The first-order valence-electron chi connectivity index (χ1n) is 7.69. The van der Waals surface area contributed by atoms with Crippen LogP contribution in [0.15, 0.2) is 36.4 Å². The molecular weight excluding hydrogens is 278 g/mol. The van der Waals surface area contributed by atoms with Crippen LogP contribution in [0.4, 0.5) is 0 Å². The molecule has 0 aromatic heterocycles. The van der Waals surface area contributed by atoms with Gasteiger partial charge in [0.25, 0.3) is 0 Å². The Balaban J connectivity index is 1.70. The molecule has 2 aromatic rings. The van der Waals surface area contributed by atoms with Crippen LogP contribution in [0, 0.1) is 0 Å². The minimum Gasteiger partial charge on any atom is -0.497 e. The van der Waals surface area contributed by atoms with Crippen LogP contribution in [0.25, 0.3) is 10.8 Å². The normalized spacial score (nSPS) is 19.8. The summed E-state index contributed by atoms with van der Waals surface area (Å²) in [5.74, 6) is 2.25. The van der Waals surface area contributed by atoms with E-state index in [1.807, 2.05) is 6.07 Å². The highest BCUT2D eigenvalue weighted by atomic mass is 32.2. The van der Waals surface area contributed by atoms with Crippen LogP contribution in [0.1, 0.15) is 31.4 Å². The quantitative estimate of drug-likeness (QED) is 0.884. The van der Waals surface area contributed by atoms with E-state index < -0.39 is 0 Å². The molecule has 2 atom stereocenters. The van der Waals surface area contributed by atoms with E-state index in [1.54, 1.807) is 7.11 Å². The molecule has 0 radical (unpaired) electrons. The van der Waals surface area contributed by atoms with Gasteiger partial charge >= 0.3 is 0 Å². The second-order valence-corrected chi connectivity index (χ2v) is 7.15. The van der Waals surface area contributed by atoms with Crippen LogP contribution in [0.2, 0.25) is 0 Å².